The SMILES string of the molecule is Cc1ccc(O)c(CNC(C)CC(F)(F)F)c1. The van der Waals surface area contributed by atoms with Gasteiger partial charge in [-0.25, -0.2) is 0 Å². The minimum absolute atomic E-state index is 0.0994. The highest BCUT2D eigenvalue weighted by molar-refractivity contribution is 5.35. The van der Waals surface area contributed by atoms with Crippen molar-refractivity contribution in [1.82, 2.24) is 5.32 Å². The summed E-state index contributed by atoms with van der Waals surface area (Å²) in [5, 5.41) is 12.3. The van der Waals surface area contributed by atoms with Crippen molar-refractivity contribution in [3.63, 3.8) is 0 Å². The number of alkyl halides is 3. The zero-order valence-electron chi connectivity index (χ0n) is 9.80. The molecule has 5 heteroatoms. The largest absolute Gasteiger partial charge is 0.508 e. The Morgan fingerprint density at radius 3 is 2.59 bits per heavy atom. The summed E-state index contributed by atoms with van der Waals surface area (Å²) in [6.45, 7) is 3.56. The van der Waals surface area contributed by atoms with Crippen LogP contribution in [0.25, 0.3) is 0 Å². The number of aromatic hydroxyl groups is 1. The second kappa shape index (κ2) is 5.40. The lowest BCUT2D eigenvalue weighted by Crippen LogP contribution is -2.30. The molecule has 1 rings (SSSR count). The minimum Gasteiger partial charge on any atom is -0.508 e. The van der Waals surface area contributed by atoms with E-state index in [0.29, 0.717) is 5.56 Å². The van der Waals surface area contributed by atoms with E-state index in [2.05, 4.69) is 5.32 Å². The maximum Gasteiger partial charge on any atom is 0.390 e. The molecule has 0 bridgehead atoms. The Morgan fingerprint density at radius 2 is 2.00 bits per heavy atom. The van der Waals surface area contributed by atoms with Crippen LogP contribution in [-0.2, 0) is 6.54 Å². The van der Waals surface area contributed by atoms with Crippen molar-refractivity contribution >= 4 is 0 Å². The number of aryl methyl sites for hydroxylation is 1. The third kappa shape index (κ3) is 5.08. The van der Waals surface area contributed by atoms with Gasteiger partial charge >= 0.3 is 6.18 Å². The van der Waals surface area contributed by atoms with E-state index in [-0.39, 0.29) is 12.3 Å². The van der Waals surface area contributed by atoms with Crippen LogP contribution >= 0.6 is 0 Å². The number of halogens is 3. The molecule has 0 aliphatic heterocycles. The van der Waals surface area contributed by atoms with Gasteiger partial charge in [-0.15, -0.1) is 0 Å². The Kier molecular flexibility index (Phi) is 4.40. The van der Waals surface area contributed by atoms with E-state index in [4.69, 9.17) is 0 Å². The van der Waals surface area contributed by atoms with Crippen LogP contribution in [0.1, 0.15) is 24.5 Å². The lowest BCUT2D eigenvalue weighted by Gasteiger charge is -2.16. The number of phenolic OH excluding ortho intramolecular Hbond substituents is 1. The third-order valence-corrected chi connectivity index (χ3v) is 2.41. The van der Waals surface area contributed by atoms with Crippen LogP contribution in [0.4, 0.5) is 13.2 Å². The minimum atomic E-state index is -4.17. The number of phenols is 1. The molecule has 0 aliphatic carbocycles. The van der Waals surface area contributed by atoms with Crippen LogP contribution < -0.4 is 5.32 Å². The zero-order chi connectivity index (χ0) is 13.1. The Hall–Kier alpha value is -1.23. The molecule has 0 saturated heterocycles. The van der Waals surface area contributed by atoms with Crippen LogP contribution in [0, 0.1) is 6.92 Å². The molecule has 17 heavy (non-hydrogen) atoms. The fraction of sp³-hybridized carbons (Fsp3) is 0.500. The van der Waals surface area contributed by atoms with E-state index in [1.165, 1.54) is 6.92 Å². The first-order chi connectivity index (χ1) is 7.78. The van der Waals surface area contributed by atoms with Crippen LogP contribution in [0.3, 0.4) is 0 Å². The standard InChI is InChI=1S/C12H16F3NO/c1-8-3-4-11(17)10(5-8)7-16-9(2)6-12(13,14)15/h3-5,9,16-17H,6-7H2,1-2H3. The average molecular weight is 247 g/mol. The molecule has 0 spiro atoms. The Labute approximate surface area is 98.5 Å². The van der Waals surface area contributed by atoms with Gasteiger partial charge in [0.15, 0.2) is 0 Å². The van der Waals surface area contributed by atoms with Crippen molar-refractivity contribution < 1.29 is 18.3 Å². The number of nitrogens with one attached hydrogen (secondary N) is 1. The molecule has 1 unspecified atom stereocenters. The molecule has 1 aromatic carbocycles. The molecular formula is C12H16F3NO. The van der Waals surface area contributed by atoms with E-state index in [1.54, 1.807) is 18.2 Å². The van der Waals surface area contributed by atoms with Crippen molar-refractivity contribution in [1.29, 1.82) is 0 Å². The normalized spacial score (nSPS) is 13.7. The molecule has 0 radical (unpaired) electrons. The molecule has 0 aliphatic rings. The van der Waals surface area contributed by atoms with Gasteiger partial charge in [-0.2, -0.15) is 13.2 Å². The highest BCUT2D eigenvalue weighted by Crippen LogP contribution is 2.22. The summed E-state index contributed by atoms with van der Waals surface area (Å²) in [5.41, 5.74) is 1.57. The summed E-state index contributed by atoms with van der Waals surface area (Å²) in [5.74, 6) is 0.0994. The van der Waals surface area contributed by atoms with Gasteiger partial charge in [0, 0.05) is 18.2 Å². The molecule has 1 aromatic rings. The number of rotatable bonds is 4. The summed E-state index contributed by atoms with van der Waals surface area (Å²) < 4.78 is 36.3. The summed E-state index contributed by atoms with van der Waals surface area (Å²) in [4.78, 5) is 0. The lowest BCUT2D eigenvalue weighted by atomic mass is 10.1. The van der Waals surface area contributed by atoms with Crippen LogP contribution in [0.2, 0.25) is 0 Å². The number of benzene rings is 1. The average Bonchev–Trinajstić information content (AvgIpc) is 2.17. The van der Waals surface area contributed by atoms with Gasteiger partial charge in [0.25, 0.3) is 0 Å². The zero-order valence-corrected chi connectivity index (χ0v) is 9.80. The van der Waals surface area contributed by atoms with Crippen molar-refractivity contribution in [2.24, 2.45) is 0 Å². The Balaban J connectivity index is 2.53. The smallest absolute Gasteiger partial charge is 0.390 e. The fourth-order valence-corrected chi connectivity index (χ4v) is 1.56. The third-order valence-electron chi connectivity index (χ3n) is 2.41. The van der Waals surface area contributed by atoms with Crippen molar-refractivity contribution in [2.75, 3.05) is 0 Å². The van der Waals surface area contributed by atoms with Gasteiger partial charge in [0.2, 0.25) is 0 Å². The number of hydrogen-bond donors (Lipinski definition) is 2. The van der Waals surface area contributed by atoms with Crippen LogP contribution in [0.5, 0.6) is 5.75 Å². The first kappa shape index (κ1) is 13.8. The van der Waals surface area contributed by atoms with Crippen molar-refractivity contribution in [3.05, 3.63) is 29.3 Å². The molecule has 2 N–H and O–H groups in total. The second-order valence-corrected chi connectivity index (χ2v) is 4.23. The molecule has 0 aromatic heterocycles. The van der Waals surface area contributed by atoms with Crippen LogP contribution in [0.15, 0.2) is 18.2 Å². The molecule has 96 valence electrons. The predicted molar refractivity (Wildman–Crippen MR) is 59.8 cm³/mol. The van der Waals surface area contributed by atoms with Gasteiger partial charge in [-0.1, -0.05) is 17.7 Å². The van der Waals surface area contributed by atoms with Crippen molar-refractivity contribution in [3.8, 4) is 5.75 Å². The number of hydrogen-bond acceptors (Lipinski definition) is 2. The van der Waals surface area contributed by atoms with Gasteiger partial charge in [-0.05, 0) is 19.9 Å². The quantitative estimate of drug-likeness (QED) is 0.856. The highest BCUT2D eigenvalue weighted by atomic mass is 19.4. The molecule has 2 nitrogen and oxygen atoms in total. The van der Waals surface area contributed by atoms with Crippen LogP contribution in [-0.4, -0.2) is 17.3 Å². The van der Waals surface area contributed by atoms with Gasteiger partial charge in [0.05, 0.1) is 6.42 Å². The van der Waals surface area contributed by atoms with Crippen molar-refractivity contribution in [2.45, 2.75) is 39.0 Å². The van der Waals surface area contributed by atoms with Gasteiger partial charge in [-0.3, -0.25) is 0 Å². The molecular weight excluding hydrogens is 231 g/mol. The first-order valence-corrected chi connectivity index (χ1v) is 5.36. The summed E-state index contributed by atoms with van der Waals surface area (Å²) >= 11 is 0. The fourth-order valence-electron chi connectivity index (χ4n) is 1.56. The van der Waals surface area contributed by atoms with E-state index >= 15 is 0 Å². The monoisotopic (exact) mass is 247 g/mol. The summed E-state index contributed by atoms with van der Waals surface area (Å²) in [7, 11) is 0. The molecule has 0 saturated carbocycles. The van der Waals surface area contributed by atoms with E-state index in [0.717, 1.165) is 5.56 Å². The summed E-state index contributed by atoms with van der Waals surface area (Å²) in [6, 6.07) is 4.37. The topological polar surface area (TPSA) is 32.3 Å². The van der Waals surface area contributed by atoms with E-state index < -0.39 is 18.6 Å². The predicted octanol–water partition coefficient (Wildman–Crippen LogP) is 3.13. The first-order valence-electron chi connectivity index (χ1n) is 5.36. The molecule has 0 amide bonds. The van der Waals surface area contributed by atoms with E-state index in [9.17, 15) is 18.3 Å². The summed E-state index contributed by atoms with van der Waals surface area (Å²) in [6.07, 6.45) is -5.04. The Bertz CT molecular complexity index is 377. The second-order valence-electron chi connectivity index (χ2n) is 4.23. The van der Waals surface area contributed by atoms with Gasteiger partial charge < -0.3 is 10.4 Å². The Morgan fingerprint density at radius 1 is 1.35 bits per heavy atom. The van der Waals surface area contributed by atoms with Gasteiger partial charge in [0.1, 0.15) is 5.75 Å². The lowest BCUT2D eigenvalue weighted by molar-refractivity contribution is -0.139. The molecule has 0 heterocycles. The maximum absolute atomic E-state index is 12.1. The maximum atomic E-state index is 12.1. The van der Waals surface area contributed by atoms with E-state index in [1.807, 2.05) is 6.92 Å². The molecule has 1 atom stereocenters. The highest BCUT2D eigenvalue weighted by Gasteiger charge is 2.29. The molecule has 0 fully saturated rings.